The predicted octanol–water partition coefficient (Wildman–Crippen LogP) is 2.02. The van der Waals surface area contributed by atoms with E-state index in [2.05, 4.69) is 24.2 Å². The van der Waals surface area contributed by atoms with E-state index >= 15 is 0 Å². The predicted molar refractivity (Wildman–Crippen MR) is 71.3 cm³/mol. The molecule has 1 N–H and O–H groups in total. The normalized spacial score (nSPS) is 27.2. The van der Waals surface area contributed by atoms with Gasteiger partial charge < -0.3 is 10.1 Å². The lowest BCUT2D eigenvalue weighted by Gasteiger charge is -2.48. The molecule has 0 amide bonds. The van der Waals surface area contributed by atoms with Crippen LogP contribution in [0.3, 0.4) is 0 Å². The summed E-state index contributed by atoms with van der Waals surface area (Å²) in [6.07, 6.45) is 8.13. The monoisotopic (exact) mass is 240 g/mol. The molecule has 1 saturated heterocycles. The van der Waals surface area contributed by atoms with Gasteiger partial charge >= 0.3 is 0 Å². The summed E-state index contributed by atoms with van der Waals surface area (Å²) in [6.45, 7) is 6.39. The Morgan fingerprint density at radius 3 is 2.41 bits per heavy atom. The SMILES string of the molecule is CCCC(NC)C1(N2CCOCC2)CCCC1. The number of hydrogen-bond donors (Lipinski definition) is 1. The number of hydrogen-bond acceptors (Lipinski definition) is 3. The van der Waals surface area contributed by atoms with Crippen molar-refractivity contribution >= 4 is 0 Å². The lowest BCUT2D eigenvalue weighted by molar-refractivity contribution is -0.0359. The van der Waals surface area contributed by atoms with Gasteiger partial charge in [0.2, 0.25) is 0 Å². The molecule has 1 unspecified atom stereocenters. The van der Waals surface area contributed by atoms with E-state index < -0.39 is 0 Å². The van der Waals surface area contributed by atoms with Gasteiger partial charge in [0.15, 0.2) is 0 Å². The Hall–Kier alpha value is -0.120. The molecule has 0 radical (unpaired) electrons. The third-order valence-electron chi connectivity index (χ3n) is 4.68. The molecule has 17 heavy (non-hydrogen) atoms. The van der Waals surface area contributed by atoms with Crippen molar-refractivity contribution in [2.45, 2.75) is 57.0 Å². The Bertz CT molecular complexity index is 214. The topological polar surface area (TPSA) is 24.5 Å². The van der Waals surface area contributed by atoms with Crippen LogP contribution in [-0.2, 0) is 4.74 Å². The lowest BCUT2D eigenvalue weighted by atomic mass is 9.83. The molecule has 1 atom stereocenters. The van der Waals surface area contributed by atoms with Crippen molar-refractivity contribution in [1.82, 2.24) is 10.2 Å². The minimum atomic E-state index is 0.425. The second kappa shape index (κ2) is 6.17. The molecule has 0 aromatic carbocycles. The molecule has 3 heteroatoms. The zero-order valence-corrected chi connectivity index (χ0v) is 11.5. The van der Waals surface area contributed by atoms with Crippen molar-refractivity contribution in [3.05, 3.63) is 0 Å². The molecule has 100 valence electrons. The van der Waals surface area contributed by atoms with Crippen molar-refractivity contribution in [1.29, 1.82) is 0 Å². The first kappa shape index (κ1) is 13.3. The van der Waals surface area contributed by atoms with E-state index in [1.807, 2.05) is 0 Å². The van der Waals surface area contributed by atoms with Gasteiger partial charge in [-0.3, -0.25) is 4.90 Å². The number of likely N-dealkylation sites (N-methyl/N-ethyl adjacent to an activating group) is 1. The highest BCUT2D eigenvalue weighted by Crippen LogP contribution is 2.39. The zero-order chi connectivity index (χ0) is 12.1. The van der Waals surface area contributed by atoms with E-state index in [-0.39, 0.29) is 0 Å². The van der Waals surface area contributed by atoms with E-state index in [4.69, 9.17) is 4.74 Å². The molecule has 1 saturated carbocycles. The quantitative estimate of drug-likeness (QED) is 0.795. The third kappa shape index (κ3) is 2.67. The smallest absolute Gasteiger partial charge is 0.0594 e. The van der Waals surface area contributed by atoms with Gasteiger partial charge in [-0.2, -0.15) is 0 Å². The summed E-state index contributed by atoms with van der Waals surface area (Å²) >= 11 is 0. The summed E-state index contributed by atoms with van der Waals surface area (Å²) in [7, 11) is 2.14. The van der Waals surface area contributed by atoms with Crippen LogP contribution in [0.1, 0.15) is 45.4 Å². The van der Waals surface area contributed by atoms with Crippen LogP contribution in [0.4, 0.5) is 0 Å². The van der Waals surface area contributed by atoms with Crippen LogP contribution in [0.2, 0.25) is 0 Å². The van der Waals surface area contributed by atoms with Crippen LogP contribution in [0.5, 0.6) is 0 Å². The Labute approximate surface area is 106 Å². The molecule has 0 aromatic rings. The highest BCUT2D eigenvalue weighted by Gasteiger charge is 2.45. The van der Waals surface area contributed by atoms with Crippen molar-refractivity contribution in [2.75, 3.05) is 33.4 Å². The highest BCUT2D eigenvalue weighted by molar-refractivity contribution is 5.03. The van der Waals surface area contributed by atoms with Crippen molar-refractivity contribution in [3.8, 4) is 0 Å². The van der Waals surface area contributed by atoms with Crippen molar-refractivity contribution in [3.63, 3.8) is 0 Å². The lowest BCUT2D eigenvalue weighted by Crippen LogP contribution is -2.61. The van der Waals surface area contributed by atoms with Gasteiger partial charge in [0.1, 0.15) is 0 Å². The molecular weight excluding hydrogens is 212 g/mol. The number of rotatable bonds is 5. The van der Waals surface area contributed by atoms with E-state index in [0.29, 0.717) is 11.6 Å². The molecule has 2 fully saturated rings. The highest BCUT2D eigenvalue weighted by atomic mass is 16.5. The Balaban J connectivity index is 2.11. The molecule has 0 spiro atoms. The van der Waals surface area contributed by atoms with Crippen LogP contribution in [0, 0.1) is 0 Å². The first-order valence-electron chi connectivity index (χ1n) is 7.33. The average Bonchev–Trinajstić information content (AvgIpc) is 2.87. The minimum absolute atomic E-state index is 0.425. The van der Waals surface area contributed by atoms with Crippen LogP contribution in [0.25, 0.3) is 0 Å². The van der Waals surface area contributed by atoms with Gasteiger partial charge in [-0.25, -0.2) is 0 Å². The molecule has 2 aliphatic rings. The van der Waals surface area contributed by atoms with E-state index in [9.17, 15) is 0 Å². The van der Waals surface area contributed by atoms with Crippen LogP contribution in [-0.4, -0.2) is 49.8 Å². The fourth-order valence-electron chi connectivity index (χ4n) is 3.85. The minimum Gasteiger partial charge on any atom is -0.379 e. The van der Waals surface area contributed by atoms with Gasteiger partial charge in [0.05, 0.1) is 13.2 Å². The van der Waals surface area contributed by atoms with Crippen LogP contribution >= 0.6 is 0 Å². The molecule has 1 heterocycles. The Kier molecular flexibility index (Phi) is 4.83. The number of nitrogens with one attached hydrogen (secondary N) is 1. The fraction of sp³-hybridized carbons (Fsp3) is 1.00. The van der Waals surface area contributed by atoms with Crippen LogP contribution < -0.4 is 5.32 Å². The summed E-state index contributed by atoms with van der Waals surface area (Å²) in [5, 5.41) is 3.60. The second-order valence-corrected chi connectivity index (χ2v) is 5.54. The van der Waals surface area contributed by atoms with E-state index in [1.54, 1.807) is 0 Å². The summed E-state index contributed by atoms with van der Waals surface area (Å²) in [4.78, 5) is 2.72. The van der Waals surface area contributed by atoms with Gasteiger partial charge in [-0.15, -0.1) is 0 Å². The molecular formula is C14H28N2O. The van der Waals surface area contributed by atoms with Gasteiger partial charge in [0, 0.05) is 24.7 Å². The second-order valence-electron chi connectivity index (χ2n) is 5.54. The fourth-order valence-corrected chi connectivity index (χ4v) is 3.85. The maximum atomic E-state index is 5.52. The molecule has 0 aromatic heterocycles. The Morgan fingerprint density at radius 2 is 1.88 bits per heavy atom. The molecule has 1 aliphatic carbocycles. The standard InChI is InChI=1S/C14H28N2O/c1-3-6-13(15-2)14(7-4-5-8-14)16-9-11-17-12-10-16/h13,15H,3-12H2,1-2H3. The van der Waals surface area contributed by atoms with Gasteiger partial charge in [-0.1, -0.05) is 26.2 Å². The van der Waals surface area contributed by atoms with Crippen molar-refractivity contribution in [2.24, 2.45) is 0 Å². The molecule has 3 nitrogen and oxygen atoms in total. The number of morpholine rings is 1. The van der Waals surface area contributed by atoms with Gasteiger partial charge in [0.25, 0.3) is 0 Å². The van der Waals surface area contributed by atoms with Crippen LogP contribution in [0.15, 0.2) is 0 Å². The largest absolute Gasteiger partial charge is 0.379 e. The molecule has 2 rings (SSSR count). The maximum Gasteiger partial charge on any atom is 0.0594 e. The van der Waals surface area contributed by atoms with E-state index in [1.165, 1.54) is 38.5 Å². The number of ether oxygens (including phenoxy) is 1. The molecule has 1 aliphatic heterocycles. The summed E-state index contributed by atoms with van der Waals surface area (Å²) in [5.41, 5.74) is 0.425. The van der Waals surface area contributed by atoms with Gasteiger partial charge in [-0.05, 0) is 26.3 Å². The summed E-state index contributed by atoms with van der Waals surface area (Å²) in [5.74, 6) is 0. The zero-order valence-electron chi connectivity index (χ0n) is 11.5. The molecule has 0 bridgehead atoms. The average molecular weight is 240 g/mol. The third-order valence-corrected chi connectivity index (χ3v) is 4.68. The van der Waals surface area contributed by atoms with E-state index in [0.717, 1.165) is 26.3 Å². The maximum absolute atomic E-state index is 5.52. The first-order valence-corrected chi connectivity index (χ1v) is 7.33. The summed E-state index contributed by atoms with van der Waals surface area (Å²) in [6, 6.07) is 0.660. The first-order chi connectivity index (χ1) is 8.33. The Morgan fingerprint density at radius 1 is 1.24 bits per heavy atom. The number of nitrogens with zero attached hydrogens (tertiary/aromatic N) is 1. The summed E-state index contributed by atoms with van der Waals surface area (Å²) < 4.78 is 5.52. The van der Waals surface area contributed by atoms with Crippen molar-refractivity contribution < 1.29 is 4.74 Å².